The Hall–Kier alpha value is -2.18. The molecule has 0 aliphatic rings. The molecule has 20 heavy (non-hydrogen) atoms. The second kappa shape index (κ2) is 4.43. The Bertz CT molecular complexity index is 702. The fourth-order valence-electron chi connectivity index (χ4n) is 1.87. The maximum absolute atomic E-state index is 13.2. The number of nitrogens with one attached hydrogen (secondary N) is 1. The number of H-pyrrole nitrogens is 1. The van der Waals surface area contributed by atoms with Gasteiger partial charge in [0, 0.05) is 17.5 Å². The van der Waals surface area contributed by atoms with Crippen LogP contribution >= 0.6 is 0 Å². The molecule has 0 atom stereocenters. The van der Waals surface area contributed by atoms with Crippen molar-refractivity contribution in [2.24, 2.45) is 0 Å². The molecule has 2 rings (SSSR count). The molecule has 4 nitrogen and oxygen atoms in total. The van der Waals surface area contributed by atoms with E-state index < -0.39 is 28.4 Å². The molecule has 7 heteroatoms. The zero-order chi connectivity index (χ0) is 15.2. The van der Waals surface area contributed by atoms with Gasteiger partial charge in [-0.15, -0.1) is 0 Å². The lowest BCUT2D eigenvalue weighted by Crippen LogP contribution is -2.17. The predicted molar refractivity (Wildman–Crippen MR) is 69.4 cm³/mol. The first-order valence-electron chi connectivity index (χ1n) is 5.89. The highest BCUT2D eigenvalue weighted by atomic mass is 19.2. The number of rotatable bonds is 1. The van der Waals surface area contributed by atoms with E-state index in [9.17, 15) is 18.0 Å². The standard InChI is InChI=1S/C13H14F3N3O/c1-13(2,3)11-10(17)12(20)19(18-11)6-4-7(14)9(16)8(15)5-6/h4-5,18H,17H2,1-3H3. The summed E-state index contributed by atoms with van der Waals surface area (Å²) in [5.41, 5.74) is 4.86. The fourth-order valence-corrected chi connectivity index (χ4v) is 1.87. The fraction of sp³-hybridized carbons (Fsp3) is 0.308. The van der Waals surface area contributed by atoms with Crippen LogP contribution in [-0.2, 0) is 5.41 Å². The first kappa shape index (κ1) is 14.2. The lowest BCUT2D eigenvalue weighted by atomic mass is 9.91. The monoisotopic (exact) mass is 285 g/mol. The van der Waals surface area contributed by atoms with Gasteiger partial charge in [0.2, 0.25) is 0 Å². The zero-order valence-electron chi connectivity index (χ0n) is 11.2. The van der Waals surface area contributed by atoms with Gasteiger partial charge in [0.05, 0.1) is 11.4 Å². The zero-order valence-corrected chi connectivity index (χ0v) is 11.2. The van der Waals surface area contributed by atoms with Gasteiger partial charge < -0.3 is 5.73 Å². The molecule has 0 amide bonds. The van der Waals surface area contributed by atoms with Gasteiger partial charge in [0.1, 0.15) is 5.69 Å². The van der Waals surface area contributed by atoms with Crippen molar-refractivity contribution in [2.45, 2.75) is 26.2 Å². The minimum Gasteiger partial charge on any atom is -0.393 e. The third-order valence-corrected chi connectivity index (χ3v) is 2.90. The third-order valence-electron chi connectivity index (χ3n) is 2.90. The van der Waals surface area contributed by atoms with Crippen LogP contribution in [-0.4, -0.2) is 9.78 Å². The van der Waals surface area contributed by atoms with E-state index in [1.807, 2.05) is 20.8 Å². The lowest BCUT2D eigenvalue weighted by Gasteiger charge is -2.16. The first-order chi connectivity index (χ1) is 9.12. The minimum absolute atomic E-state index is 0.0392. The van der Waals surface area contributed by atoms with Crippen molar-refractivity contribution in [3.8, 4) is 5.69 Å². The number of benzene rings is 1. The Morgan fingerprint density at radius 1 is 1.15 bits per heavy atom. The summed E-state index contributed by atoms with van der Waals surface area (Å²) >= 11 is 0. The average molecular weight is 285 g/mol. The Morgan fingerprint density at radius 2 is 1.65 bits per heavy atom. The van der Waals surface area contributed by atoms with Crippen LogP contribution < -0.4 is 11.3 Å². The molecule has 1 heterocycles. The highest BCUT2D eigenvalue weighted by Gasteiger charge is 2.24. The van der Waals surface area contributed by atoms with Gasteiger partial charge in [-0.2, -0.15) is 0 Å². The number of aromatic nitrogens is 2. The molecular formula is C13H14F3N3O. The topological polar surface area (TPSA) is 63.8 Å². The van der Waals surface area contributed by atoms with Crippen molar-refractivity contribution in [2.75, 3.05) is 5.73 Å². The summed E-state index contributed by atoms with van der Waals surface area (Å²) in [4.78, 5) is 12.0. The van der Waals surface area contributed by atoms with E-state index in [4.69, 9.17) is 5.73 Å². The van der Waals surface area contributed by atoms with Crippen LogP contribution in [0.1, 0.15) is 26.5 Å². The van der Waals surface area contributed by atoms with Crippen LogP contribution in [0.15, 0.2) is 16.9 Å². The molecule has 0 fully saturated rings. The van der Waals surface area contributed by atoms with E-state index in [0.717, 1.165) is 16.8 Å². The first-order valence-corrected chi connectivity index (χ1v) is 5.89. The summed E-state index contributed by atoms with van der Waals surface area (Å²) in [7, 11) is 0. The van der Waals surface area contributed by atoms with Crippen LogP contribution in [0.25, 0.3) is 5.69 Å². The van der Waals surface area contributed by atoms with E-state index in [1.165, 1.54) is 0 Å². The number of nitrogens with two attached hydrogens (primary N) is 1. The summed E-state index contributed by atoms with van der Waals surface area (Å²) in [6.07, 6.45) is 0. The van der Waals surface area contributed by atoms with Crippen molar-refractivity contribution in [3.63, 3.8) is 0 Å². The van der Waals surface area contributed by atoms with E-state index in [1.54, 1.807) is 0 Å². The van der Waals surface area contributed by atoms with Crippen LogP contribution in [0.5, 0.6) is 0 Å². The van der Waals surface area contributed by atoms with E-state index >= 15 is 0 Å². The molecule has 0 saturated heterocycles. The largest absolute Gasteiger partial charge is 0.393 e. The van der Waals surface area contributed by atoms with Crippen molar-refractivity contribution < 1.29 is 13.2 Å². The maximum Gasteiger partial charge on any atom is 0.294 e. The van der Waals surface area contributed by atoms with Gasteiger partial charge in [-0.25, -0.2) is 17.9 Å². The normalized spacial score (nSPS) is 11.9. The molecule has 0 saturated carbocycles. The number of hydrogen-bond donors (Lipinski definition) is 2. The summed E-state index contributed by atoms with van der Waals surface area (Å²) in [5, 5.41) is 2.70. The van der Waals surface area contributed by atoms with Crippen molar-refractivity contribution >= 4 is 5.69 Å². The van der Waals surface area contributed by atoms with E-state index in [-0.39, 0.29) is 11.4 Å². The SMILES string of the molecule is CC(C)(C)c1[nH]n(-c2cc(F)c(F)c(F)c2)c(=O)c1N. The number of halogens is 3. The van der Waals surface area contributed by atoms with Gasteiger partial charge >= 0.3 is 0 Å². The molecule has 0 unspecified atom stereocenters. The molecule has 2 aromatic rings. The average Bonchev–Trinajstić information content (AvgIpc) is 2.62. The highest BCUT2D eigenvalue weighted by molar-refractivity contribution is 5.47. The van der Waals surface area contributed by atoms with Crippen LogP contribution in [0, 0.1) is 17.5 Å². The van der Waals surface area contributed by atoms with E-state index in [2.05, 4.69) is 5.10 Å². The lowest BCUT2D eigenvalue weighted by molar-refractivity contribution is 0.445. The molecule has 0 bridgehead atoms. The summed E-state index contributed by atoms with van der Waals surface area (Å²) in [5.74, 6) is -4.34. The number of aromatic amines is 1. The molecular weight excluding hydrogens is 271 g/mol. The van der Waals surface area contributed by atoms with Crippen LogP contribution in [0.3, 0.4) is 0 Å². The Kier molecular flexibility index (Phi) is 3.15. The number of anilines is 1. The van der Waals surface area contributed by atoms with Crippen LogP contribution in [0.4, 0.5) is 18.9 Å². The highest BCUT2D eigenvalue weighted by Crippen LogP contribution is 2.25. The number of hydrogen-bond acceptors (Lipinski definition) is 2. The Morgan fingerprint density at radius 3 is 2.05 bits per heavy atom. The Balaban J connectivity index is 2.69. The molecule has 1 aromatic carbocycles. The summed E-state index contributed by atoms with van der Waals surface area (Å²) in [6, 6.07) is 1.45. The van der Waals surface area contributed by atoms with Crippen molar-refractivity contribution in [1.29, 1.82) is 0 Å². The molecule has 1 aromatic heterocycles. The molecule has 0 aliphatic heterocycles. The molecule has 0 spiro atoms. The molecule has 108 valence electrons. The quantitative estimate of drug-likeness (QED) is 0.791. The predicted octanol–water partition coefficient (Wildman–Crippen LogP) is 2.46. The minimum atomic E-state index is -1.59. The summed E-state index contributed by atoms with van der Waals surface area (Å²) < 4.78 is 40.3. The third kappa shape index (κ3) is 2.19. The van der Waals surface area contributed by atoms with Gasteiger partial charge in [0.15, 0.2) is 17.5 Å². The van der Waals surface area contributed by atoms with Crippen LogP contribution in [0.2, 0.25) is 0 Å². The van der Waals surface area contributed by atoms with Crippen molar-refractivity contribution in [3.05, 3.63) is 45.6 Å². The summed E-state index contributed by atoms with van der Waals surface area (Å²) in [6.45, 7) is 5.47. The number of nitrogen functional groups attached to an aromatic ring is 1. The molecule has 3 N–H and O–H groups in total. The van der Waals surface area contributed by atoms with E-state index in [0.29, 0.717) is 5.69 Å². The van der Waals surface area contributed by atoms with Crippen molar-refractivity contribution in [1.82, 2.24) is 9.78 Å². The van der Waals surface area contributed by atoms with Gasteiger partial charge in [-0.3, -0.25) is 9.89 Å². The van der Waals surface area contributed by atoms with Gasteiger partial charge in [0.25, 0.3) is 5.56 Å². The number of nitrogens with zero attached hydrogens (tertiary/aromatic N) is 1. The second-order valence-corrected chi connectivity index (χ2v) is 5.51. The van der Waals surface area contributed by atoms with Gasteiger partial charge in [-0.1, -0.05) is 20.8 Å². The second-order valence-electron chi connectivity index (χ2n) is 5.51. The smallest absolute Gasteiger partial charge is 0.294 e. The Labute approximate surface area is 113 Å². The maximum atomic E-state index is 13.2. The molecule has 0 radical (unpaired) electrons. The molecule has 0 aliphatic carbocycles. The van der Waals surface area contributed by atoms with Gasteiger partial charge in [-0.05, 0) is 0 Å².